The third-order valence-corrected chi connectivity index (χ3v) is 3.44. The maximum absolute atomic E-state index is 6.28. The molecule has 0 amide bonds. The van der Waals surface area contributed by atoms with Gasteiger partial charge in [0, 0.05) is 4.90 Å². The van der Waals surface area contributed by atoms with Crippen molar-refractivity contribution in [1.82, 2.24) is 0 Å². The van der Waals surface area contributed by atoms with Gasteiger partial charge in [-0.2, -0.15) is 0 Å². The lowest BCUT2D eigenvalue weighted by Gasteiger charge is -2.15. The Morgan fingerprint density at radius 2 is 1.56 bits per heavy atom. The lowest BCUT2D eigenvalue weighted by atomic mass is 10.00. The Balaban J connectivity index is 2.37. The molecule has 0 spiro atoms. The van der Waals surface area contributed by atoms with Gasteiger partial charge in [0.2, 0.25) is 0 Å². The molecule has 82 valence electrons. The number of hydrogen-bond acceptors (Lipinski definition) is 2. The zero-order valence-electron chi connectivity index (χ0n) is 9.26. The van der Waals surface area contributed by atoms with E-state index >= 15 is 0 Å². The largest absolute Gasteiger partial charge is 0.320 e. The highest BCUT2D eigenvalue weighted by molar-refractivity contribution is 7.98. The standard InChI is InChI=1S/C14H15NS/c1-16-13-10-6-5-9-12(13)14(15)11-7-3-2-4-8-11/h2-10,14H,15H2,1H3. The average Bonchev–Trinajstić information content (AvgIpc) is 2.39. The fraction of sp³-hybridized carbons (Fsp3) is 0.143. The van der Waals surface area contributed by atoms with Crippen molar-refractivity contribution in [3.05, 3.63) is 65.7 Å². The highest BCUT2D eigenvalue weighted by atomic mass is 32.2. The van der Waals surface area contributed by atoms with E-state index in [4.69, 9.17) is 5.73 Å². The molecule has 2 aromatic rings. The van der Waals surface area contributed by atoms with Crippen LogP contribution in [0, 0.1) is 0 Å². The zero-order chi connectivity index (χ0) is 11.4. The highest BCUT2D eigenvalue weighted by Gasteiger charge is 2.11. The molecule has 0 radical (unpaired) electrons. The summed E-state index contributed by atoms with van der Waals surface area (Å²) in [7, 11) is 0. The minimum absolute atomic E-state index is 0.0372. The molecule has 0 fully saturated rings. The Hall–Kier alpha value is -1.25. The molecule has 0 aliphatic rings. The molecule has 0 aliphatic heterocycles. The third kappa shape index (κ3) is 2.29. The van der Waals surface area contributed by atoms with E-state index in [0.717, 1.165) is 5.56 Å². The second-order valence-corrected chi connectivity index (χ2v) is 4.48. The third-order valence-electron chi connectivity index (χ3n) is 2.63. The second-order valence-electron chi connectivity index (χ2n) is 3.63. The van der Waals surface area contributed by atoms with Crippen molar-refractivity contribution in [2.75, 3.05) is 6.26 Å². The predicted molar refractivity (Wildman–Crippen MR) is 70.7 cm³/mol. The monoisotopic (exact) mass is 229 g/mol. The summed E-state index contributed by atoms with van der Waals surface area (Å²) in [5, 5.41) is 0. The van der Waals surface area contributed by atoms with Gasteiger partial charge in [-0.15, -0.1) is 11.8 Å². The molecule has 2 rings (SSSR count). The summed E-state index contributed by atoms with van der Waals surface area (Å²) in [4.78, 5) is 1.25. The maximum Gasteiger partial charge on any atom is 0.0562 e. The van der Waals surface area contributed by atoms with E-state index in [0.29, 0.717) is 0 Å². The summed E-state index contributed by atoms with van der Waals surface area (Å²) in [6, 6.07) is 18.5. The normalized spacial score (nSPS) is 12.4. The molecule has 0 aliphatic carbocycles. The van der Waals surface area contributed by atoms with Crippen LogP contribution in [0.15, 0.2) is 59.5 Å². The number of hydrogen-bond donors (Lipinski definition) is 1. The lowest BCUT2D eigenvalue weighted by Crippen LogP contribution is -2.12. The fourth-order valence-electron chi connectivity index (χ4n) is 1.76. The molecule has 2 aromatic carbocycles. The summed E-state index contributed by atoms with van der Waals surface area (Å²) in [6.45, 7) is 0. The molecular weight excluding hydrogens is 214 g/mol. The Morgan fingerprint density at radius 3 is 2.25 bits per heavy atom. The van der Waals surface area contributed by atoms with E-state index in [1.165, 1.54) is 10.5 Å². The van der Waals surface area contributed by atoms with Crippen LogP contribution in [0.3, 0.4) is 0 Å². The van der Waals surface area contributed by atoms with Crippen LogP contribution in [0.1, 0.15) is 17.2 Å². The van der Waals surface area contributed by atoms with Gasteiger partial charge in [-0.25, -0.2) is 0 Å². The zero-order valence-corrected chi connectivity index (χ0v) is 10.1. The van der Waals surface area contributed by atoms with Gasteiger partial charge in [-0.1, -0.05) is 48.5 Å². The van der Waals surface area contributed by atoms with Gasteiger partial charge in [0.05, 0.1) is 6.04 Å². The fourth-order valence-corrected chi connectivity index (χ4v) is 2.41. The summed E-state index contributed by atoms with van der Waals surface area (Å²) in [5.74, 6) is 0. The van der Waals surface area contributed by atoms with Gasteiger partial charge in [0.15, 0.2) is 0 Å². The Bertz CT molecular complexity index is 453. The van der Waals surface area contributed by atoms with Crippen LogP contribution in [0.25, 0.3) is 0 Å². The predicted octanol–water partition coefficient (Wildman–Crippen LogP) is 3.46. The minimum Gasteiger partial charge on any atom is -0.320 e. The summed E-state index contributed by atoms with van der Waals surface area (Å²) in [6.07, 6.45) is 2.08. The summed E-state index contributed by atoms with van der Waals surface area (Å²) < 4.78 is 0. The van der Waals surface area contributed by atoms with Crippen molar-refractivity contribution >= 4 is 11.8 Å². The molecule has 0 saturated heterocycles. The molecule has 1 unspecified atom stereocenters. The summed E-state index contributed by atoms with van der Waals surface area (Å²) >= 11 is 1.74. The number of nitrogens with two attached hydrogens (primary N) is 1. The molecule has 0 aromatic heterocycles. The molecule has 2 N–H and O–H groups in total. The van der Waals surface area contributed by atoms with Crippen LogP contribution < -0.4 is 5.73 Å². The second kappa shape index (κ2) is 5.19. The van der Waals surface area contributed by atoms with Crippen molar-refractivity contribution in [3.8, 4) is 0 Å². The molecule has 0 bridgehead atoms. The van der Waals surface area contributed by atoms with Gasteiger partial charge < -0.3 is 5.73 Å². The van der Waals surface area contributed by atoms with E-state index in [9.17, 15) is 0 Å². The molecule has 0 heterocycles. The molecule has 1 atom stereocenters. The van der Waals surface area contributed by atoms with Crippen LogP contribution in [0.5, 0.6) is 0 Å². The van der Waals surface area contributed by atoms with Crippen LogP contribution in [0.2, 0.25) is 0 Å². The molecule has 16 heavy (non-hydrogen) atoms. The molecule has 1 nitrogen and oxygen atoms in total. The average molecular weight is 229 g/mol. The Kier molecular flexibility index (Phi) is 3.65. The van der Waals surface area contributed by atoms with Crippen LogP contribution in [-0.2, 0) is 0 Å². The first-order chi connectivity index (χ1) is 7.83. The van der Waals surface area contributed by atoms with Gasteiger partial charge in [0.25, 0.3) is 0 Å². The number of benzene rings is 2. The van der Waals surface area contributed by atoms with Crippen molar-refractivity contribution in [1.29, 1.82) is 0 Å². The van der Waals surface area contributed by atoms with Gasteiger partial charge in [-0.3, -0.25) is 0 Å². The smallest absolute Gasteiger partial charge is 0.0562 e. The van der Waals surface area contributed by atoms with Crippen LogP contribution in [0.4, 0.5) is 0 Å². The topological polar surface area (TPSA) is 26.0 Å². The van der Waals surface area contributed by atoms with Crippen molar-refractivity contribution < 1.29 is 0 Å². The number of rotatable bonds is 3. The van der Waals surface area contributed by atoms with E-state index in [1.807, 2.05) is 30.3 Å². The Morgan fingerprint density at radius 1 is 0.938 bits per heavy atom. The number of thioether (sulfide) groups is 1. The van der Waals surface area contributed by atoms with Crippen molar-refractivity contribution in [2.45, 2.75) is 10.9 Å². The van der Waals surface area contributed by atoms with Crippen LogP contribution >= 0.6 is 11.8 Å². The Labute approximate surface area is 101 Å². The molecular formula is C14H15NS. The van der Waals surface area contributed by atoms with Crippen molar-refractivity contribution in [2.24, 2.45) is 5.73 Å². The van der Waals surface area contributed by atoms with Gasteiger partial charge in [-0.05, 0) is 23.4 Å². The highest BCUT2D eigenvalue weighted by Crippen LogP contribution is 2.28. The van der Waals surface area contributed by atoms with Crippen molar-refractivity contribution in [3.63, 3.8) is 0 Å². The van der Waals surface area contributed by atoms with Gasteiger partial charge >= 0.3 is 0 Å². The first kappa shape index (κ1) is 11.2. The minimum atomic E-state index is -0.0372. The summed E-state index contributed by atoms with van der Waals surface area (Å²) in [5.41, 5.74) is 8.63. The first-order valence-electron chi connectivity index (χ1n) is 5.26. The van der Waals surface area contributed by atoms with Gasteiger partial charge in [0.1, 0.15) is 0 Å². The van der Waals surface area contributed by atoms with E-state index in [1.54, 1.807) is 11.8 Å². The quantitative estimate of drug-likeness (QED) is 0.816. The van der Waals surface area contributed by atoms with Crippen LogP contribution in [-0.4, -0.2) is 6.26 Å². The van der Waals surface area contributed by atoms with E-state index < -0.39 is 0 Å². The molecule has 2 heteroatoms. The molecule has 0 saturated carbocycles. The van der Waals surface area contributed by atoms with E-state index in [-0.39, 0.29) is 6.04 Å². The SMILES string of the molecule is CSc1ccccc1C(N)c1ccccc1. The maximum atomic E-state index is 6.28. The van der Waals surface area contributed by atoms with E-state index in [2.05, 4.69) is 30.5 Å². The lowest BCUT2D eigenvalue weighted by molar-refractivity contribution is 0.848. The first-order valence-corrected chi connectivity index (χ1v) is 6.49.